The van der Waals surface area contributed by atoms with Gasteiger partial charge in [-0.1, -0.05) is 69.2 Å². The van der Waals surface area contributed by atoms with E-state index in [2.05, 4.69) is 95.8 Å². The topological polar surface area (TPSA) is 79.6 Å². The largest absolute Gasteiger partial charge is 0 e. The predicted octanol–water partition coefficient (Wildman–Crippen LogP) is 5.74. The van der Waals surface area contributed by atoms with Crippen LogP contribution in [0.4, 0.5) is 0 Å². The molecule has 0 saturated carbocycles. The minimum atomic E-state index is 0. The standard InChI is InChI=1S/2C10H15.4CO.2Mo/c2*1-6-7(2)9(4)10(5)8(6)3;4*1-2;;/h2*1-5H3;;;;;;/q2*-1;;;;;;. The Morgan fingerprint density at radius 3 is 0.533 bits per heavy atom. The molecule has 4 nitrogen and oxygen atoms in total. The van der Waals surface area contributed by atoms with E-state index in [1.165, 1.54) is 55.6 Å². The van der Waals surface area contributed by atoms with Crippen LogP contribution in [0.1, 0.15) is 55.6 Å². The van der Waals surface area contributed by atoms with E-state index >= 15 is 0 Å². The van der Waals surface area contributed by atoms with E-state index in [4.69, 9.17) is 18.6 Å². The third-order valence-electron chi connectivity index (χ3n) is 5.62. The first-order chi connectivity index (χ1) is 13.1. The van der Waals surface area contributed by atoms with Crippen molar-refractivity contribution in [2.45, 2.75) is 69.2 Å². The zero-order chi connectivity index (χ0) is 23.8. The Hall–Kier alpha value is -0.963. The van der Waals surface area contributed by atoms with Crippen molar-refractivity contribution >= 4 is 0 Å². The summed E-state index contributed by atoms with van der Waals surface area (Å²) >= 11 is 0. The van der Waals surface area contributed by atoms with Crippen LogP contribution in [0.15, 0.2) is 0 Å². The molecule has 0 unspecified atom stereocenters. The molecule has 0 aliphatic carbocycles. The second-order valence-corrected chi connectivity index (χ2v) is 6.25. The van der Waals surface area contributed by atoms with E-state index in [9.17, 15) is 0 Å². The van der Waals surface area contributed by atoms with Crippen molar-refractivity contribution in [3.63, 3.8) is 0 Å². The van der Waals surface area contributed by atoms with Gasteiger partial charge in [-0.2, -0.15) is 55.6 Å². The SMILES string of the molecule is Cc1c(C)c(C)[c-](C)c1C.Cc1c(C)c(C)[c-](C)c1C.[C-]#[O+].[C-]#[O+].[C-]#[O+].[C-]#[O+].[Mo].[Mo]. The van der Waals surface area contributed by atoms with Crippen LogP contribution in [0.3, 0.4) is 0 Å². The molecular weight excluding hydrogens is 544 g/mol. The van der Waals surface area contributed by atoms with E-state index in [0.717, 1.165) is 0 Å². The van der Waals surface area contributed by atoms with Crippen LogP contribution in [0, 0.1) is 95.8 Å². The van der Waals surface area contributed by atoms with Gasteiger partial charge in [-0.25, -0.2) is 0 Å². The first kappa shape index (κ1) is 43.0. The summed E-state index contributed by atoms with van der Waals surface area (Å²) < 4.78 is 30.0. The Balaban J connectivity index is -0.0000000686. The molecular formula is C24H30Mo2O4-2. The van der Waals surface area contributed by atoms with Crippen molar-refractivity contribution < 1.29 is 60.7 Å². The van der Waals surface area contributed by atoms with Gasteiger partial charge in [0.05, 0.1) is 0 Å². The molecule has 0 N–H and O–H groups in total. The molecule has 6 heteroatoms. The number of rotatable bonds is 0. The normalized spacial score (nSPS) is 7.27. The van der Waals surface area contributed by atoms with E-state index < -0.39 is 0 Å². The minimum Gasteiger partial charge on any atom is 0 e. The van der Waals surface area contributed by atoms with Crippen LogP contribution in [-0.2, 0) is 60.7 Å². The number of hydrogen-bond acceptors (Lipinski definition) is 0. The molecule has 2 aromatic rings. The molecule has 0 heterocycles. The van der Waals surface area contributed by atoms with Gasteiger partial charge in [-0.05, 0) is 0 Å². The molecule has 0 atom stereocenters. The van der Waals surface area contributed by atoms with Gasteiger partial charge in [0.25, 0.3) is 0 Å². The van der Waals surface area contributed by atoms with Gasteiger partial charge in [0.1, 0.15) is 0 Å². The predicted molar refractivity (Wildman–Crippen MR) is 107 cm³/mol. The molecule has 0 aliphatic heterocycles. The second kappa shape index (κ2) is 24.3. The minimum absolute atomic E-state index is 0. The van der Waals surface area contributed by atoms with Crippen molar-refractivity contribution in [1.82, 2.24) is 0 Å². The Labute approximate surface area is 211 Å². The van der Waals surface area contributed by atoms with Crippen molar-refractivity contribution in [3.8, 4) is 0 Å². The zero-order valence-corrected chi connectivity index (χ0v) is 23.5. The van der Waals surface area contributed by atoms with E-state index in [0.29, 0.717) is 0 Å². The summed E-state index contributed by atoms with van der Waals surface area (Å²) in [4.78, 5) is 0. The molecule has 0 bridgehead atoms. The molecule has 30 heavy (non-hydrogen) atoms. The van der Waals surface area contributed by atoms with Crippen molar-refractivity contribution in [1.29, 1.82) is 0 Å². The maximum Gasteiger partial charge on any atom is 0 e. The number of hydrogen-bond donors (Lipinski definition) is 0. The molecule has 0 fully saturated rings. The quantitative estimate of drug-likeness (QED) is 0.219. The molecule has 0 spiro atoms. The molecule has 0 radical (unpaired) electrons. The molecule has 164 valence electrons. The maximum atomic E-state index is 7.50. The second-order valence-electron chi connectivity index (χ2n) is 6.25. The summed E-state index contributed by atoms with van der Waals surface area (Å²) in [5.41, 5.74) is 14.7. The monoisotopic (exact) mass is 578 g/mol. The molecule has 0 saturated heterocycles. The van der Waals surface area contributed by atoms with Gasteiger partial charge >= 0.3 is 45.2 Å². The Bertz CT molecular complexity index is 560. The van der Waals surface area contributed by atoms with Crippen LogP contribution in [-0.4, -0.2) is 0 Å². The summed E-state index contributed by atoms with van der Waals surface area (Å²) in [6, 6.07) is 0. The first-order valence-corrected chi connectivity index (χ1v) is 8.32. The molecule has 0 aliphatic rings. The van der Waals surface area contributed by atoms with E-state index in [1.807, 2.05) is 0 Å². The fourth-order valence-corrected chi connectivity index (χ4v) is 2.81. The van der Waals surface area contributed by atoms with Gasteiger partial charge in [-0.15, -0.1) is 0 Å². The van der Waals surface area contributed by atoms with Crippen LogP contribution in [0.25, 0.3) is 0 Å². The Kier molecular flexibility index (Phi) is 34.8. The average Bonchev–Trinajstić information content (AvgIpc) is 3.04. The van der Waals surface area contributed by atoms with Crippen LogP contribution in [0.5, 0.6) is 0 Å². The summed E-state index contributed by atoms with van der Waals surface area (Å²) in [5, 5.41) is 0. The van der Waals surface area contributed by atoms with E-state index in [-0.39, 0.29) is 42.1 Å². The van der Waals surface area contributed by atoms with Crippen molar-refractivity contribution in [2.75, 3.05) is 0 Å². The maximum absolute atomic E-state index is 7.50. The van der Waals surface area contributed by atoms with Crippen LogP contribution in [0.2, 0.25) is 0 Å². The molecule has 0 amide bonds. The summed E-state index contributed by atoms with van der Waals surface area (Å²) in [6.07, 6.45) is 0. The van der Waals surface area contributed by atoms with Gasteiger partial charge in [0.2, 0.25) is 0 Å². The summed E-state index contributed by atoms with van der Waals surface area (Å²) in [7, 11) is 0. The summed E-state index contributed by atoms with van der Waals surface area (Å²) in [6.45, 7) is 40.0. The van der Waals surface area contributed by atoms with Gasteiger partial charge in [0.15, 0.2) is 0 Å². The van der Waals surface area contributed by atoms with Crippen molar-refractivity contribution in [3.05, 3.63) is 82.2 Å². The van der Waals surface area contributed by atoms with Gasteiger partial charge in [-0.3, -0.25) is 0 Å². The zero-order valence-electron chi connectivity index (χ0n) is 19.4. The first-order valence-electron chi connectivity index (χ1n) is 8.32. The molecule has 2 aromatic carbocycles. The van der Waals surface area contributed by atoms with Gasteiger partial charge in [0, 0.05) is 42.1 Å². The molecule has 0 aromatic heterocycles. The Morgan fingerprint density at radius 2 is 0.500 bits per heavy atom. The summed E-state index contributed by atoms with van der Waals surface area (Å²) in [5.74, 6) is 0. The average molecular weight is 574 g/mol. The van der Waals surface area contributed by atoms with E-state index in [1.54, 1.807) is 0 Å². The molecule has 2 rings (SSSR count). The Morgan fingerprint density at radius 1 is 0.400 bits per heavy atom. The van der Waals surface area contributed by atoms with Crippen LogP contribution < -0.4 is 0 Å². The fourth-order valence-electron chi connectivity index (χ4n) is 2.81. The van der Waals surface area contributed by atoms with Gasteiger partial charge < -0.3 is 0 Å². The fraction of sp³-hybridized carbons (Fsp3) is 0.417. The third kappa shape index (κ3) is 12.0. The smallest absolute Gasteiger partial charge is 0 e. The van der Waals surface area contributed by atoms with Crippen LogP contribution >= 0.6 is 0 Å². The third-order valence-corrected chi connectivity index (χ3v) is 5.62. The van der Waals surface area contributed by atoms with Crippen molar-refractivity contribution in [2.24, 2.45) is 0 Å².